The van der Waals surface area contributed by atoms with E-state index in [0.29, 0.717) is 29.3 Å². The molecule has 1 aliphatic carbocycles. The van der Waals surface area contributed by atoms with Gasteiger partial charge in [-0.1, -0.05) is 13.8 Å². The molecular weight excluding hydrogens is 376 g/mol. The van der Waals surface area contributed by atoms with Crippen molar-refractivity contribution in [2.75, 3.05) is 21.2 Å². The van der Waals surface area contributed by atoms with E-state index in [1.54, 1.807) is 18.0 Å². The zero-order chi connectivity index (χ0) is 21.0. The number of ether oxygens (including phenoxy) is 1. The van der Waals surface area contributed by atoms with E-state index in [9.17, 15) is 0 Å². The minimum absolute atomic E-state index is 0.324. The average Bonchev–Trinajstić information content (AvgIpc) is 3.29. The molecule has 1 aliphatic rings. The van der Waals surface area contributed by atoms with E-state index in [2.05, 4.69) is 60.0 Å². The lowest BCUT2D eigenvalue weighted by molar-refractivity contribution is 0.164. The maximum absolute atomic E-state index is 5.57. The quantitative estimate of drug-likeness (QED) is 0.539. The molecule has 0 aromatic carbocycles. The summed E-state index contributed by atoms with van der Waals surface area (Å²) in [4.78, 5) is 15.4. The first-order chi connectivity index (χ1) is 14.5. The van der Waals surface area contributed by atoms with Crippen molar-refractivity contribution in [1.82, 2.24) is 29.5 Å². The molecule has 4 aromatic heterocycles. The Labute approximate surface area is 176 Å². The third kappa shape index (κ3) is 2.96. The molecule has 5 rings (SSSR count). The van der Waals surface area contributed by atoms with Crippen molar-refractivity contribution in [2.45, 2.75) is 44.6 Å². The number of nitrogens with zero attached hydrogens (tertiary/aromatic N) is 5. The van der Waals surface area contributed by atoms with Gasteiger partial charge in [0.2, 0.25) is 0 Å². The molecule has 0 spiro atoms. The lowest BCUT2D eigenvalue weighted by Crippen LogP contribution is -2.39. The molecule has 30 heavy (non-hydrogen) atoms. The number of pyridine rings is 2. The normalized spacial score (nSPS) is 19.2. The summed E-state index contributed by atoms with van der Waals surface area (Å²) in [6.07, 6.45) is 5.90. The van der Waals surface area contributed by atoms with Crippen molar-refractivity contribution in [3.63, 3.8) is 0 Å². The third-order valence-electron chi connectivity index (χ3n) is 6.39. The van der Waals surface area contributed by atoms with Gasteiger partial charge in [-0.25, -0.2) is 9.50 Å². The summed E-state index contributed by atoms with van der Waals surface area (Å²) >= 11 is 0. The van der Waals surface area contributed by atoms with Crippen LogP contribution in [0.15, 0.2) is 30.7 Å². The zero-order valence-corrected chi connectivity index (χ0v) is 18.2. The first kappa shape index (κ1) is 19.1. The molecule has 0 saturated heterocycles. The smallest absolute Gasteiger partial charge is 0.197 e. The zero-order valence-electron chi connectivity index (χ0n) is 18.2. The van der Waals surface area contributed by atoms with Gasteiger partial charge in [0.15, 0.2) is 11.4 Å². The minimum Gasteiger partial charge on any atom is -0.493 e. The van der Waals surface area contributed by atoms with Crippen molar-refractivity contribution in [3.8, 4) is 17.0 Å². The molecule has 0 aliphatic heterocycles. The van der Waals surface area contributed by atoms with E-state index >= 15 is 0 Å². The number of fused-ring (bicyclic) bond motifs is 2. The largest absolute Gasteiger partial charge is 0.493 e. The Balaban J connectivity index is 1.62. The third-order valence-corrected chi connectivity index (χ3v) is 6.39. The van der Waals surface area contributed by atoms with Crippen LogP contribution in [0.2, 0.25) is 0 Å². The molecule has 0 radical (unpaired) electrons. The monoisotopic (exact) mass is 404 g/mol. The van der Waals surface area contributed by atoms with Gasteiger partial charge in [-0.05, 0) is 51.1 Å². The van der Waals surface area contributed by atoms with Crippen LogP contribution in [0, 0.1) is 0 Å². The molecule has 156 valence electrons. The second-order valence-corrected chi connectivity index (χ2v) is 8.81. The predicted molar refractivity (Wildman–Crippen MR) is 118 cm³/mol. The molecule has 7 heteroatoms. The van der Waals surface area contributed by atoms with E-state index in [1.165, 1.54) is 24.1 Å². The number of rotatable bonds is 5. The Kier molecular flexibility index (Phi) is 4.50. The molecule has 0 amide bonds. The highest BCUT2D eigenvalue weighted by Crippen LogP contribution is 2.41. The average molecular weight is 405 g/mol. The van der Waals surface area contributed by atoms with Crippen LogP contribution in [0.4, 0.5) is 0 Å². The van der Waals surface area contributed by atoms with Crippen LogP contribution >= 0.6 is 0 Å². The number of H-pyrrole nitrogens is 1. The number of aromatic nitrogens is 5. The summed E-state index contributed by atoms with van der Waals surface area (Å²) in [5, 5.41) is 4.31. The van der Waals surface area contributed by atoms with Gasteiger partial charge in [-0.2, -0.15) is 5.10 Å². The molecule has 0 atom stereocenters. The van der Waals surface area contributed by atoms with Crippen molar-refractivity contribution >= 4 is 16.7 Å². The Morgan fingerprint density at radius 1 is 1.23 bits per heavy atom. The highest BCUT2D eigenvalue weighted by molar-refractivity contribution is 5.89. The fourth-order valence-corrected chi connectivity index (χ4v) is 4.55. The summed E-state index contributed by atoms with van der Waals surface area (Å²) in [6, 6.07) is 7.06. The van der Waals surface area contributed by atoms with Gasteiger partial charge >= 0.3 is 0 Å². The highest BCUT2D eigenvalue weighted by atomic mass is 16.5. The fourth-order valence-electron chi connectivity index (χ4n) is 4.55. The molecule has 1 fully saturated rings. The molecule has 0 bridgehead atoms. The van der Waals surface area contributed by atoms with Gasteiger partial charge in [0, 0.05) is 35.0 Å². The summed E-state index contributed by atoms with van der Waals surface area (Å²) in [5.41, 5.74) is 7.38. The topological polar surface area (TPSA) is 71.3 Å². The molecule has 0 unspecified atom stereocenters. The van der Waals surface area contributed by atoms with Gasteiger partial charge in [0.05, 0.1) is 23.8 Å². The van der Waals surface area contributed by atoms with E-state index in [0.717, 1.165) is 22.3 Å². The first-order valence-corrected chi connectivity index (χ1v) is 10.5. The highest BCUT2D eigenvalue weighted by Gasteiger charge is 2.33. The van der Waals surface area contributed by atoms with Gasteiger partial charge in [-0.15, -0.1) is 0 Å². The van der Waals surface area contributed by atoms with Crippen molar-refractivity contribution in [3.05, 3.63) is 42.0 Å². The summed E-state index contributed by atoms with van der Waals surface area (Å²) in [7, 11) is 5.98. The molecule has 4 aromatic rings. The second kappa shape index (κ2) is 7.09. The molecule has 4 heterocycles. The van der Waals surface area contributed by atoms with E-state index in [4.69, 9.17) is 9.72 Å². The Morgan fingerprint density at radius 2 is 2.03 bits per heavy atom. The maximum atomic E-state index is 5.57. The lowest BCUT2D eigenvalue weighted by atomic mass is 9.77. The lowest BCUT2D eigenvalue weighted by Gasteiger charge is -2.39. The summed E-state index contributed by atoms with van der Waals surface area (Å²) in [6.45, 7) is 4.44. The van der Waals surface area contributed by atoms with Gasteiger partial charge < -0.3 is 14.6 Å². The maximum Gasteiger partial charge on any atom is 0.197 e. The number of hydrogen-bond acceptors (Lipinski definition) is 5. The summed E-state index contributed by atoms with van der Waals surface area (Å²) < 4.78 is 7.33. The second-order valence-electron chi connectivity index (χ2n) is 8.81. The van der Waals surface area contributed by atoms with Gasteiger partial charge in [0.25, 0.3) is 0 Å². The van der Waals surface area contributed by atoms with Crippen molar-refractivity contribution in [1.29, 1.82) is 0 Å². The Hall–Kier alpha value is -2.93. The Morgan fingerprint density at radius 3 is 2.73 bits per heavy atom. The van der Waals surface area contributed by atoms with Crippen LogP contribution < -0.4 is 4.74 Å². The molecular formula is C23H28N6O. The van der Waals surface area contributed by atoms with Crippen molar-refractivity contribution in [2.24, 2.45) is 0 Å². The van der Waals surface area contributed by atoms with Crippen LogP contribution in [-0.4, -0.2) is 56.7 Å². The van der Waals surface area contributed by atoms with Crippen LogP contribution in [0.5, 0.6) is 5.75 Å². The first-order valence-electron chi connectivity index (χ1n) is 10.5. The van der Waals surface area contributed by atoms with Crippen LogP contribution in [0.3, 0.4) is 0 Å². The number of aromatic amines is 1. The summed E-state index contributed by atoms with van der Waals surface area (Å²) in [5.74, 6) is 1.58. The molecule has 1 N–H and O–H groups in total. The Bertz CT molecular complexity index is 1220. The fraction of sp³-hybridized carbons (Fsp3) is 0.435. The number of hydrogen-bond donors (Lipinski definition) is 1. The molecule has 1 saturated carbocycles. The van der Waals surface area contributed by atoms with E-state index < -0.39 is 0 Å². The SMILES string of the molecule is COc1cc(-c2[nH]c3ccc(C4CC(N(C)C)C4)nc3c2C(C)C)cn2ncnc12. The van der Waals surface area contributed by atoms with Crippen molar-refractivity contribution < 1.29 is 4.74 Å². The number of nitrogens with one attached hydrogen (secondary N) is 1. The van der Waals surface area contributed by atoms with Gasteiger partial charge in [-0.3, -0.25) is 4.98 Å². The number of methoxy groups -OCH3 is 1. The van der Waals surface area contributed by atoms with Crippen LogP contribution in [0.1, 0.15) is 49.8 Å². The standard InChI is InChI=1S/C23H28N6O/c1-13(2)20-21(15-10-19(30-5)23-24-12-25-29(23)11-15)27-18-7-6-17(26-22(18)20)14-8-16(9-14)28(3)4/h6-7,10-14,16,27H,8-9H2,1-5H3. The molecule has 7 nitrogen and oxygen atoms in total. The van der Waals surface area contributed by atoms with Crippen LogP contribution in [-0.2, 0) is 0 Å². The van der Waals surface area contributed by atoms with E-state index in [1.807, 2.05) is 12.3 Å². The predicted octanol–water partition coefficient (Wildman–Crippen LogP) is 4.21. The minimum atomic E-state index is 0.324. The van der Waals surface area contributed by atoms with E-state index in [-0.39, 0.29) is 0 Å². The van der Waals surface area contributed by atoms with Gasteiger partial charge in [0.1, 0.15) is 6.33 Å². The van der Waals surface area contributed by atoms with Crippen LogP contribution in [0.25, 0.3) is 27.9 Å².